The molecule has 0 saturated carbocycles. The van der Waals surface area contributed by atoms with Crippen molar-refractivity contribution in [2.45, 2.75) is 6.92 Å². The Kier molecular flexibility index (Phi) is 6.46. The number of halogens is 1. The number of esters is 1. The number of carbonyl (C=O) groups is 2. The molecular formula is C21H17BrN2O5. The molecule has 0 atom stereocenters. The molecule has 148 valence electrons. The fourth-order valence-corrected chi connectivity index (χ4v) is 2.76. The molecule has 29 heavy (non-hydrogen) atoms. The van der Waals surface area contributed by atoms with Crippen LogP contribution >= 0.6 is 15.9 Å². The molecule has 0 bridgehead atoms. The molecular weight excluding hydrogens is 440 g/mol. The maximum Gasteiger partial charge on any atom is 0.338 e. The predicted molar refractivity (Wildman–Crippen MR) is 112 cm³/mol. The number of benzene rings is 2. The Bertz CT molecular complexity index is 1060. The molecule has 1 heterocycles. The Hall–Kier alpha value is -3.39. The van der Waals surface area contributed by atoms with Gasteiger partial charge in [0.15, 0.2) is 0 Å². The molecule has 0 amide bonds. The van der Waals surface area contributed by atoms with Gasteiger partial charge >= 0.3 is 11.9 Å². The van der Waals surface area contributed by atoms with E-state index >= 15 is 0 Å². The van der Waals surface area contributed by atoms with Crippen LogP contribution in [0.4, 0.5) is 5.69 Å². The smallest absolute Gasteiger partial charge is 0.338 e. The lowest BCUT2D eigenvalue weighted by molar-refractivity contribution is 0.0526. The number of hydrogen-bond donors (Lipinski definition) is 2. The summed E-state index contributed by atoms with van der Waals surface area (Å²) in [4.78, 5) is 23.4. The number of carbonyl (C=O) groups excluding carboxylic acids is 1. The van der Waals surface area contributed by atoms with Gasteiger partial charge in [-0.15, -0.1) is 0 Å². The standard InChI is InChI=1S/C21H17BrN2O5/c1-2-28-21(27)15-10-13(9-14(11-15)20(25)26)19-8-7-18(29-19)12-23-24-17-5-3-16(22)4-6-17/h3-12,24H,2H2,1H3,(H,25,26)/b23-12+. The number of aromatic carboxylic acids is 1. The van der Waals surface area contributed by atoms with Crippen LogP contribution in [-0.4, -0.2) is 29.9 Å². The number of hydrogen-bond acceptors (Lipinski definition) is 6. The molecule has 0 saturated heterocycles. The second-order valence-electron chi connectivity index (χ2n) is 5.90. The second kappa shape index (κ2) is 9.20. The van der Waals surface area contributed by atoms with Crippen LogP contribution < -0.4 is 5.43 Å². The molecule has 2 N–H and O–H groups in total. The highest BCUT2D eigenvalue weighted by Gasteiger charge is 2.15. The fourth-order valence-electron chi connectivity index (χ4n) is 2.50. The summed E-state index contributed by atoms with van der Waals surface area (Å²) in [6.07, 6.45) is 1.50. The fraction of sp³-hybridized carbons (Fsp3) is 0.0952. The van der Waals surface area contributed by atoms with Crippen LogP contribution in [0.3, 0.4) is 0 Å². The minimum atomic E-state index is -1.15. The molecule has 3 aromatic rings. The van der Waals surface area contributed by atoms with Gasteiger partial charge in [0.1, 0.15) is 11.5 Å². The Balaban J connectivity index is 1.81. The molecule has 0 unspecified atom stereocenters. The van der Waals surface area contributed by atoms with E-state index in [-0.39, 0.29) is 17.7 Å². The molecule has 0 spiro atoms. The first-order valence-electron chi connectivity index (χ1n) is 8.66. The van der Waals surface area contributed by atoms with E-state index < -0.39 is 11.9 Å². The van der Waals surface area contributed by atoms with E-state index in [2.05, 4.69) is 26.5 Å². The summed E-state index contributed by atoms with van der Waals surface area (Å²) in [5.74, 6) is -0.875. The van der Waals surface area contributed by atoms with Gasteiger partial charge in [0, 0.05) is 10.0 Å². The number of furan rings is 1. The van der Waals surface area contributed by atoms with Crippen LogP contribution in [0.15, 0.2) is 68.6 Å². The van der Waals surface area contributed by atoms with Crippen LogP contribution in [0.25, 0.3) is 11.3 Å². The average molecular weight is 457 g/mol. The number of hydrazone groups is 1. The monoisotopic (exact) mass is 456 g/mol. The average Bonchev–Trinajstić information content (AvgIpc) is 3.18. The van der Waals surface area contributed by atoms with Crippen LogP contribution in [0.1, 0.15) is 33.4 Å². The van der Waals surface area contributed by atoms with Gasteiger partial charge in [0.2, 0.25) is 0 Å². The quantitative estimate of drug-likeness (QED) is 0.293. The number of ether oxygens (including phenoxy) is 1. The third kappa shape index (κ3) is 5.32. The van der Waals surface area contributed by atoms with Gasteiger partial charge in [-0.1, -0.05) is 15.9 Å². The molecule has 3 rings (SSSR count). The third-order valence-electron chi connectivity index (χ3n) is 3.83. The highest BCUT2D eigenvalue weighted by Crippen LogP contribution is 2.25. The topological polar surface area (TPSA) is 101 Å². The highest BCUT2D eigenvalue weighted by molar-refractivity contribution is 9.10. The summed E-state index contributed by atoms with van der Waals surface area (Å²) in [6.45, 7) is 1.87. The molecule has 0 aliphatic carbocycles. The summed E-state index contributed by atoms with van der Waals surface area (Å²) >= 11 is 3.36. The van der Waals surface area contributed by atoms with E-state index in [0.717, 1.165) is 10.2 Å². The van der Waals surface area contributed by atoms with Crippen molar-refractivity contribution >= 4 is 39.8 Å². The molecule has 0 aliphatic rings. The normalized spacial score (nSPS) is 10.8. The van der Waals surface area contributed by atoms with Crippen molar-refractivity contribution < 1.29 is 23.8 Å². The summed E-state index contributed by atoms with van der Waals surface area (Å²) in [5.41, 5.74) is 4.25. The van der Waals surface area contributed by atoms with E-state index in [4.69, 9.17) is 9.15 Å². The van der Waals surface area contributed by atoms with Crippen molar-refractivity contribution in [3.8, 4) is 11.3 Å². The lowest BCUT2D eigenvalue weighted by Gasteiger charge is -2.06. The van der Waals surface area contributed by atoms with Crippen LogP contribution in [0, 0.1) is 0 Å². The van der Waals surface area contributed by atoms with E-state index in [0.29, 0.717) is 17.1 Å². The van der Waals surface area contributed by atoms with Crippen LogP contribution in [0.2, 0.25) is 0 Å². The SMILES string of the molecule is CCOC(=O)c1cc(C(=O)O)cc(-c2ccc(/C=N/Nc3ccc(Br)cc3)o2)c1. The van der Waals surface area contributed by atoms with Gasteiger partial charge in [0.05, 0.1) is 29.6 Å². The second-order valence-corrected chi connectivity index (χ2v) is 6.82. The van der Waals surface area contributed by atoms with Gasteiger partial charge in [-0.2, -0.15) is 5.10 Å². The van der Waals surface area contributed by atoms with Crippen molar-refractivity contribution in [3.63, 3.8) is 0 Å². The lowest BCUT2D eigenvalue weighted by atomic mass is 10.0. The first-order chi connectivity index (χ1) is 14.0. The molecule has 8 heteroatoms. The van der Waals surface area contributed by atoms with Crippen molar-refractivity contribution in [2.24, 2.45) is 5.10 Å². The van der Waals surface area contributed by atoms with Crippen molar-refractivity contribution in [1.29, 1.82) is 0 Å². The summed E-state index contributed by atoms with van der Waals surface area (Å²) in [5, 5.41) is 13.4. The predicted octanol–water partition coefficient (Wildman–Crippen LogP) is 5.03. The Morgan fingerprint density at radius 3 is 2.55 bits per heavy atom. The summed E-state index contributed by atoms with van der Waals surface area (Å²) in [6, 6.07) is 15.1. The lowest BCUT2D eigenvalue weighted by Crippen LogP contribution is -2.07. The van der Waals surface area contributed by atoms with E-state index in [1.54, 1.807) is 19.1 Å². The van der Waals surface area contributed by atoms with Crippen LogP contribution in [-0.2, 0) is 4.74 Å². The van der Waals surface area contributed by atoms with Gasteiger partial charge < -0.3 is 14.3 Å². The highest BCUT2D eigenvalue weighted by atomic mass is 79.9. The maximum absolute atomic E-state index is 12.0. The number of carboxylic acid groups (broad SMARTS) is 1. The van der Waals surface area contributed by atoms with Gasteiger partial charge in [-0.3, -0.25) is 5.43 Å². The van der Waals surface area contributed by atoms with Gasteiger partial charge in [-0.05, 0) is 61.5 Å². The zero-order valence-electron chi connectivity index (χ0n) is 15.4. The summed E-state index contributed by atoms with van der Waals surface area (Å²) < 4.78 is 11.6. The number of nitrogens with zero attached hydrogens (tertiary/aromatic N) is 1. The Labute approximate surface area is 175 Å². The first-order valence-corrected chi connectivity index (χ1v) is 9.46. The zero-order chi connectivity index (χ0) is 20.8. The maximum atomic E-state index is 12.0. The Morgan fingerprint density at radius 1 is 1.14 bits per heavy atom. The molecule has 2 aromatic carbocycles. The molecule has 0 aliphatic heterocycles. The van der Waals surface area contributed by atoms with E-state index in [1.165, 1.54) is 24.4 Å². The first kappa shape index (κ1) is 20.3. The van der Waals surface area contributed by atoms with Crippen molar-refractivity contribution in [1.82, 2.24) is 0 Å². The van der Waals surface area contributed by atoms with Gasteiger partial charge in [0.25, 0.3) is 0 Å². The van der Waals surface area contributed by atoms with Crippen molar-refractivity contribution in [3.05, 3.63) is 76.0 Å². The Morgan fingerprint density at radius 2 is 1.86 bits per heavy atom. The zero-order valence-corrected chi connectivity index (χ0v) is 17.0. The largest absolute Gasteiger partial charge is 0.478 e. The minimum absolute atomic E-state index is 0.0333. The number of anilines is 1. The number of carboxylic acids is 1. The van der Waals surface area contributed by atoms with E-state index in [1.807, 2.05) is 24.3 Å². The molecule has 0 fully saturated rings. The number of nitrogens with one attached hydrogen (secondary N) is 1. The summed E-state index contributed by atoms with van der Waals surface area (Å²) in [7, 11) is 0. The molecule has 0 radical (unpaired) electrons. The van der Waals surface area contributed by atoms with Crippen LogP contribution in [0.5, 0.6) is 0 Å². The molecule has 1 aromatic heterocycles. The van der Waals surface area contributed by atoms with E-state index in [9.17, 15) is 14.7 Å². The molecule has 7 nitrogen and oxygen atoms in total. The minimum Gasteiger partial charge on any atom is -0.478 e. The number of rotatable bonds is 7. The van der Waals surface area contributed by atoms with Crippen molar-refractivity contribution in [2.75, 3.05) is 12.0 Å². The third-order valence-corrected chi connectivity index (χ3v) is 4.36. The van der Waals surface area contributed by atoms with Gasteiger partial charge in [-0.25, -0.2) is 9.59 Å².